The molecular formula is C18H16OS. The van der Waals surface area contributed by atoms with Crippen molar-refractivity contribution in [3.63, 3.8) is 0 Å². The van der Waals surface area contributed by atoms with Gasteiger partial charge in [-0.05, 0) is 41.0 Å². The van der Waals surface area contributed by atoms with E-state index in [-0.39, 0.29) is 0 Å². The van der Waals surface area contributed by atoms with E-state index >= 15 is 0 Å². The van der Waals surface area contributed by atoms with Crippen LogP contribution in [0.2, 0.25) is 0 Å². The summed E-state index contributed by atoms with van der Waals surface area (Å²) >= 11 is 0. The lowest BCUT2D eigenvalue weighted by Crippen LogP contribution is -1.98. The molecule has 0 saturated carbocycles. The number of benzene rings is 3. The van der Waals surface area contributed by atoms with Crippen molar-refractivity contribution >= 4 is 21.6 Å². The topological polar surface area (TPSA) is 17.1 Å². The quantitative estimate of drug-likeness (QED) is 0.692. The third kappa shape index (κ3) is 2.66. The highest BCUT2D eigenvalue weighted by Gasteiger charge is 2.07. The molecule has 0 fully saturated rings. The van der Waals surface area contributed by atoms with Gasteiger partial charge in [-0.25, -0.2) is 0 Å². The fraction of sp³-hybridized carbons (Fsp3) is 0.111. The van der Waals surface area contributed by atoms with Crippen LogP contribution in [0.5, 0.6) is 0 Å². The van der Waals surface area contributed by atoms with Gasteiger partial charge in [-0.1, -0.05) is 54.6 Å². The molecule has 0 bridgehead atoms. The van der Waals surface area contributed by atoms with Crippen LogP contribution in [0, 0.1) is 6.92 Å². The summed E-state index contributed by atoms with van der Waals surface area (Å²) in [6, 6.07) is 22.3. The highest BCUT2D eigenvalue weighted by atomic mass is 32.2. The van der Waals surface area contributed by atoms with Gasteiger partial charge in [-0.2, -0.15) is 0 Å². The fourth-order valence-corrected chi connectivity index (χ4v) is 3.56. The number of hydrogen-bond acceptors (Lipinski definition) is 1. The Hall–Kier alpha value is -1.93. The summed E-state index contributed by atoms with van der Waals surface area (Å²) in [7, 11) is -1.00. The largest absolute Gasteiger partial charge is 0.254 e. The Morgan fingerprint density at radius 2 is 1.55 bits per heavy atom. The molecule has 3 rings (SSSR count). The Bertz CT molecular complexity index is 777. The molecule has 100 valence electrons. The van der Waals surface area contributed by atoms with Crippen LogP contribution in [0.25, 0.3) is 10.8 Å². The van der Waals surface area contributed by atoms with Gasteiger partial charge in [0.15, 0.2) is 0 Å². The summed E-state index contributed by atoms with van der Waals surface area (Å²) < 4.78 is 12.5. The van der Waals surface area contributed by atoms with Gasteiger partial charge < -0.3 is 0 Å². The molecule has 0 heterocycles. The van der Waals surface area contributed by atoms with Gasteiger partial charge in [-0.15, -0.1) is 0 Å². The average molecular weight is 280 g/mol. The maximum Gasteiger partial charge on any atom is 0.0574 e. The van der Waals surface area contributed by atoms with E-state index in [0.29, 0.717) is 5.75 Å². The van der Waals surface area contributed by atoms with Gasteiger partial charge in [0, 0.05) is 4.90 Å². The van der Waals surface area contributed by atoms with Crippen LogP contribution in [0.4, 0.5) is 0 Å². The van der Waals surface area contributed by atoms with Gasteiger partial charge in [0.1, 0.15) is 0 Å². The number of aryl methyl sites for hydroxylation is 1. The molecule has 0 N–H and O–H groups in total. The van der Waals surface area contributed by atoms with E-state index in [1.165, 1.54) is 10.9 Å². The lowest BCUT2D eigenvalue weighted by molar-refractivity contribution is 0.682. The molecular weight excluding hydrogens is 264 g/mol. The fourth-order valence-electron chi connectivity index (χ4n) is 2.31. The van der Waals surface area contributed by atoms with Crippen molar-refractivity contribution in [3.8, 4) is 0 Å². The van der Waals surface area contributed by atoms with Crippen molar-refractivity contribution in [2.75, 3.05) is 0 Å². The number of fused-ring (bicyclic) bond motifs is 1. The first-order valence-corrected chi connectivity index (χ1v) is 7.97. The van der Waals surface area contributed by atoms with E-state index in [0.717, 1.165) is 15.8 Å². The van der Waals surface area contributed by atoms with Crippen molar-refractivity contribution < 1.29 is 4.21 Å². The summed E-state index contributed by atoms with van der Waals surface area (Å²) in [5, 5.41) is 2.33. The predicted octanol–water partition coefficient (Wildman–Crippen LogP) is 4.46. The van der Waals surface area contributed by atoms with Crippen molar-refractivity contribution in [3.05, 3.63) is 77.9 Å². The Kier molecular flexibility index (Phi) is 3.66. The average Bonchev–Trinajstić information content (AvgIpc) is 2.49. The summed E-state index contributed by atoms with van der Waals surface area (Å²) in [5.41, 5.74) is 2.35. The molecule has 20 heavy (non-hydrogen) atoms. The first-order chi connectivity index (χ1) is 9.74. The van der Waals surface area contributed by atoms with Crippen LogP contribution in [-0.2, 0) is 16.6 Å². The third-order valence-electron chi connectivity index (χ3n) is 3.53. The smallest absolute Gasteiger partial charge is 0.0574 e. The molecule has 0 saturated heterocycles. The lowest BCUT2D eigenvalue weighted by atomic mass is 10.1. The van der Waals surface area contributed by atoms with Gasteiger partial charge in [-0.3, -0.25) is 4.21 Å². The SMILES string of the molecule is Cc1ccccc1CS(=O)c1ccc2ccccc2c1. The lowest BCUT2D eigenvalue weighted by Gasteiger charge is -2.07. The van der Waals surface area contributed by atoms with Crippen molar-refractivity contribution in [2.45, 2.75) is 17.6 Å². The number of hydrogen-bond donors (Lipinski definition) is 0. The van der Waals surface area contributed by atoms with Crippen LogP contribution in [0.1, 0.15) is 11.1 Å². The standard InChI is InChI=1S/C18H16OS/c1-14-6-2-3-9-17(14)13-20(19)18-11-10-15-7-4-5-8-16(15)12-18/h2-12H,13H2,1H3. The Morgan fingerprint density at radius 1 is 0.850 bits per heavy atom. The molecule has 3 aromatic rings. The number of rotatable bonds is 3. The van der Waals surface area contributed by atoms with Gasteiger partial charge in [0.2, 0.25) is 0 Å². The second-order valence-corrected chi connectivity index (χ2v) is 6.38. The van der Waals surface area contributed by atoms with Crippen molar-refractivity contribution in [2.24, 2.45) is 0 Å². The minimum atomic E-state index is -1.00. The first-order valence-electron chi connectivity index (χ1n) is 6.66. The Balaban J connectivity index is 1.91. The maximum atomic E-state index is 12.5. The molecule has 1 nitrogen and oxygen atoms in total. The van der Waals surface area contributed by atoms with E-state index in [2.05, 4.69) is 25.1 Å². The van der Waals surface area contributed by atoms with Crippen molar-refractivity contribution in [1.82, 2.24) is 0 Å². The van der Waals surface area contributed by atoms with E-state index in [1.54, 1.807) is 0 Å². The van der Waals surface area contributed by atoms with E-state index < -0.39 is 10.8 Å². The van der Waals surface area contributed by atoms with Crippen LogP contribution in [0.15, 0.2) is 71.6 Å². The van der Waals surface area contributed by atoms with Crippen molar-refractivity contribution in [1.29, 1.82) is 0 Å². The molecule has 0 radical (unpaired) electrons. The minimum absolute atomic E-state index is 0.574. The summed E-state index contributed by atoms with van der Waals surface area (Å²) in [5.74, 6) is 0.574. The normalized spacial score (nSPS) is 12.4. The molecule has 0 aliphatic carbocycles. The molecule has 0 aliphatic rings. The summed E-state index contributed by atoms with van der Waals surface area (Å²) in [4.78, 5) is 0.895. The molecule has 0 amide bonds. The zero-order chi connectivity index (χ0) is 13.9. The highest BCUT2D eigenvalue weighted by molar-refractivity contribution is 7.84. The first kappa shape index (κ1) is 13.1. The van der Waals surface area contributed by atoms with Gasteiger partial charge in [0.25, 0.3) is 0 Å². The monoisotopic (exact) mass is 280 g/mol. The van der Waals surface area contributed by atoms with E-state index in [9.17, 15) is 4.21 Å². The minimum Gasteiger partial charge on any atom is -0.254 e. The molecule has 0 aliphatic heterocycles. The van der Waals surface area contributed by atoms with Crippen LogP contribution in [-0.4, -0.2) is 4.21 Å². The van der Waals surface area contributed by atoms with Crippen LogP contribution >= 0.6 is 0 Å². The molecule has 1 atom stereocenters. The predicted molar refractivity (Wildman–Crippen MR) is 85.2 cm³/mol. The second kappa shape index (κ2) is 5.59. The van der Waals surface area contributed by atoms with E-state index in [1.807, 2.05) is 48.5 Å². The van der Waals surface area contributed by atoms with E-state index in [4.69, 9.17) is 0 Å². The molecule has 0 aromatic heterocycles. The van der Waals surface area contributed by atoms with Gasteiger partial charge >= 0.3 is 0 Å². The van der Waals surface area contributed by atoms with Crippen LogP contribution in [0.3, 0.4) is 0 Å². The molecule has 0 spiro atoms. The Morgan fingerprint density at radius 3 is 2.35 bits per heavy atom. The van der Waals surface area contributed by atoms with Gasteiger partial charge in [0.05, 0.1) is 16.6 Å². The summed E-state index contributed by atoms with van der Waals surface area (Å²) in [6.45, 7) is 2.06. The van der Waals surface area contributed by atoms with Crippen LogP contribution < -0.4 is 0 Å². The zero-order valence-corrected chi connectivity index (χ0v) is 12.2. The summed E-state index contributed by atoms with van der Waals surface area (Å²) in [6.07, 6.45) is 0. The zero-order valence-electron chi connectivity index (χ0n) is 11.4. The maximum absolute atomic E-state index is 12.5. The second-order valence-electron chi connectivity index (χ2n) is 4.93. The molecule has 3 aromatic carbocycles. The Labute approximate surface area is 121 Å². The third-order valence-corrected chi connectivity index (χ3v) is 4.88. The highest BCUT2D eigenvalue weighted by Crippen LogP contribution is 2.20. The molecule has 1 unspecified atom stereocenters. The molecule has 2 heteroatoms.